The van der Waals surface area contributed by atoms with Crippen molar-refractivity contribution < 1.29 is 4.21 Å². The molecular weight excluding hydrogens is 284 g/mol. The molecule has 3 rings (SSSR count). The molecule has 0 amide bonds. The minimum absolute atomic E-state index is 0.310. The molecule has 0 saturated carbocycles. The Balaban J connectivity index is 1.88. The predicted octanol–water partition coefficient (Wildman–Crippen LogP) is 2.32. The molecule has 1 atom stereocenters. The molecule has 6 heteroatoms. The Morgan fingerprint density at radius 3 is 2.95 bits per heavy atom. The largest absolute Gasteiger partial charge is 0.399 e. The van der Waals surface area contributed by atoms with Crippen molar-refractivity contribution in [3.05, 3.63) is 53.6 Å². The van der Waals surface area contributed by atoms with Gasteiger partial charge in [-0.3, -0.25) is 4.21 Å². The number of rotatable bonds is 3. The molecule has 0 saturated heterocycles. The summed E-state index contributed by atoms with van der Waals surface area (Å²) in [5, 5.41) is 9.29. The van der Waals surface area contributed by atoms with Crippen LogP contribution in [0.25, 0.3) is 11.0 Å². The topological polar surface area (TPSA) is 95.6 Å². The monoisotopic (exact) mass is 296 g/mol. The molecule has 2 aromatic carbocycles. The van der Waals surface area contributed by atoms with Gasteiger partial charge < -0.3 is 10.7 Å². The van der Waals surface area contributed by atoms with Gasteiger partial charge in [-0.2, -0.15) is 5.26 Å². The quantitative estimate of drug-likeness (QED) is 0.725. The minimum Gasteiger partial charge on any atom is -0.399 e. The van der Waals surface area contributed by atoms with Gasteiger partial charge in [-0.25, -0.2) is 4.98 Å². The standard InChI is InChI=1S/C15H12N4OS/c16-8-10-2-1-3-11(6-10)9-21(20)15-18-13-5-4-12(17)7-14(13)19-15/h1-7H,9,17H2,(H,18,19). The second kappa shape index (κ2) is 5.38. The maximum absolute atomic E-state index is 12.4. The number of aromatic nitrogens is 2. The highest BCUT2D eigenvalue weighted by atomic mass is 32.2. The van der Waals surface area contributed by atoms with E-state index in [0.717, 1.165) is 16.6 Å². The van der Waals surface area contributed by atoms with Crippen molar-refractivity contribution in [2.75, 3.05) is 5.73 Å². The van der Waals surface area contributed by atoms with E-state index < -0.39 is 10.8 Å². The molecule has 0 aliphatic carbocycles. The van der Waals surface area contributed by atoms with Crippen LogP contribution in [0, 0.1) is 11.3 Å². The van der Waals surface area contributed by atoms with Crippen molar-refractivity contribution in [1.29, 1.82) is 5.26 Å². The van der Waals surface area contributed by atoms with E-state index >= 15 is 0 Å². The van der Waals surface area contributed by atoms with E-state index in [2.05, 4.69) is 16.0 Å². The van der Waals surface area contributed by atoms with Gasteiger partial charge in [0.15, 0.2) is 5.16 Å². The summed E-state index contributed by atoms with van der Waals surface area (Å²) in [4.78, 5) is 7.34. The molecule has 1 unspecified atom stereocenters. The van der Waals surface area contributed by atoms with E-state index in [0.29, 0.717) is 22.2 Å². The highest BCUT2D eigenvalue weighted by molar-refractivity contribution is 7.84. The lowest BCUT2D eigenvalue weighted by Crippen LogP contribution is -1.98. The number of aromatic amines is 1. The Labute approximate surface area is 123 Å². The van der Waals surface area contributed by atoms with Gasteiger partial charge in [-0.1, -0.05) is 12.1 Å². The lowest BCUT2D eigenvalue weighted by atomic mass is 10.2. The number of fused-ring (bicyclic) bond motifs is 1. The fraction of sp³-hybridized carbons (Fsp3) is 0.0667. The van der Waals surface area contributed by atoms with Crippen LogP contribution in [0.3, 0.4) is 0 Å². The number of nitriles is 1. The van der Waals surface area contributed by atoms with E-state index in [1.165, 1.54) is 0 Å². The zero-order valence-electron chi connectivity index (χ0n) is 11.0. The number of hydrogen-bond donors (Lipinski definition) is 2. The van der Waals surface area contributed by atoms with Gasteiger partial charge in [0.25, 0.3) is 0 Å². The first-order valence-electron chi connectivity index (χ1n) is 6.28. The van der Waals surface area contributed by atoms with Crippen molar-refractivity contribution >= 4 is 27.5 Å². The summed E-state index contributed by atoms with van der Waals surface area (Å²) in [6, 6.07) is 14.5. The molecule has 3 N–H and O–H groups in total. The summed E-state index contributed by atoms with van der Waals surface area (Å²) in [5.74, 6) is 0.310. The zero-order chi connectivity index (χ0) is 14.8. The summed E-state index contributed by atoms with van der Waals surface area (Å²) < 4.78 is 12.4. The number of hydrogen-bond acceptors (Lipinski definition) is 4. The number of imidazole rings is 1. The fourth-order valence-corrected chi connectivity index (χ4v) is 3.11. The Hall–Kier alpha value is -2.65. The highest BCUT2D eigenvalue weighted by Gasteiger charge is 2.11. The Bertz CT molecular complexity index is 879. The molecular formula is C15H12N4OS. The third-order valence-corrected chi connectivity index (χ3v) is 4.27. The first-order chi connectivity index (χ1) is 10.2. The van der Waals surface area contributed by atoms with Crippen LogP contribution in [-0.4, -0.2) is 14.2 Å². The zero-order valence-corrected chi connectivity index (χ0v) is 11.9. The van der Waals surface area contributed by atoms with Crippen LogP contribution in [0.1, 0.15) is 11.1 Å². The van der Waals surface area contributed by atoms with Crippen molar-refractivity contribution in [1.82, 2.24) is 9.97 Å². The number of H-pyrrole nitrogens is 1. The van der Waals surface area contributed by atoms with Crippen molar-refractivity contribution in [2.24, 2.45) is 0 Å². The summed E-state index contributed by atoms with van der Waals surface area (Å²) >= 11 is 0. The highest BCUT2D eigenvalue weighted by Crippen LogP contribution is 2.18. The number of benzene rings is 2. The van der Waals surface area contributed by atoms with Gasteiger partial charge in [0, 0.05) is 5.69 Å². The fourth-order valence-electron chi connectivity index (χ4n) is 2.06. The summed E-state index contributed by atoms with van der Waals surface area (Å²) in [7, 11) is -1.30. The van der Waals surface area contributed by atoms with Crippen molar-refractivity contribution in [3.8, 4) is 6.07 Å². The van der Waals surface area contributed by atoms with Gasteiger partial charge in [-0.15, -0.1) is 0 Å². The molecule has 1 aromatic heterocycles. The number of nitrogens with one attached hydrogen (secondary N) is 1. The van der Waals surface area contributed by atoms with E-state index in [9.17, 15) is 4.21 Å². The molecule has 0 aliphatic heterocycles. The molecule has 0 spiro atoms. The third-order valence-electron chi connectivity index (χ3n) is 3.05. The summed E-state index contributed by atoms with van der Waals surface area (Å²) in [6.45, 7) is 0. The van der Waals surface area contributed by atoms with E-state index in [1.807, 2.05) is 6.07 Å². The van der Waals surface area contributed by atoms with Gasteiger partial charge in [0.2, 0.25) is 0 Å². The van der Waals surface area contributed by atoms with Crippen LogP contribution >= 0.6 is 0 Å². The average molecular weight is 296 g/mol. The van der Waals surface area contributed by atoms with Gasteiger partial charge in [0.05, 0.1) is 39.2 Å². The summed E-state index contributed by atoms with van der Waals surface area (Å²) in [6.07, 6.45) is 0. The maximum atomic E-state index is 12.4. The second-order valence-corrected chi connectivity index (χ2v) is 5.99. The van der Waals surface area contributed by atoms with Crippen LogP contribution < -0.4 is 5.73 Å². The molecule has 0 fully saturated rings. The SMILES string of the molecule is N#Cc1cccc(CS(=O)c2nc3ccc(N)cc3[nH]2)c1. The van der Waals surface area contributed by atoms with Crippen molar-refractivity contribution in [3.63, 3.8) is 0 Å². The van der Waals surface area contributed by atoms with E-state index in [-0.39, 0.29) is 0 Å². The number of nitrogen functional groups attached to an aromatic ring is 1. The Morgan fingerprint density at radius 1 is 1.29 bits per heavy atom. The maximum Gasteiger partial charge on any atom is 0.197 e. The number of anilines is 1. The molecule has 0 radical (unpaired) electrons. The lowest BCUT2D eigenvalue weighted by molar-refractivity contribution is 0.677. The molecule has 1 heterocycles. The van der Waals surface area contributed by atoms with Gasteiger partial charge in [0.1, 0.15) is 0 Å². The molecule has 21 heavy (non-hydrogen) atoms. The number of nitrogens with zero attached hydrogens (tertiary/aromatic N) is 2. The minimum atomic E-state index is -1.30. The Morgan fingerprint density at radius 2 is 2.14 bits per heavy atom. The summed E-state index contributed by atoms with van der Waals surface area (Å²) in [5.41, 5.74) is 9.24. The van der Waals surface area contributed by atoms with Gasteiger partial charge in [-0.05, 0) is 35.9 Å². The predicted molar refractivity (Wildman–Crippen MR) is 81.8 cm³/mol. The van der Waals surface area contributed by atoms with E-state index in [1.54, 1.807) is 36.4 Å². The van der Waals surface area contributed by atoms with Gasteiger partial charge >= 0.3 is 0 Å². The first kappa shape index (κ1) is 13.3. The lowest BCUT2D eigenvalue weighted by Gasteiger charge is -2.00. The molecule has 3 aromatic rings. The molecule has 0 bridgehead atoms. The van der Waals surface area contributed by atoms with Crippen LogP contribution in [0.15, 0.2) is 47.6 Å². The van der Waals surface area contributed by atoms with Crippen LogP contribution in [0.5, 0.6) is 0 Å². The first-order valence-corrected chi connectivity index (χ1v) is 7.60. The second-order valence-electron chi connectivity index (χ2n) is 4.62. The Kier molecular flexibility index (Phi) is 3.42. The molecule has 5 nitrogen and oxygen atoms in total. The molecule has 104 valence electrons. The number of nitrogens with two attached hydrogens (primary N) is 1. The van der Waals surface area contributed by atoms with Crippen LogP contribution in [-0.2, 0) is 16.6 Å². The molecule has 0 aliphatic rings. The smallest absolute Gasteiger partial charge is 0.197 e. The van der Waals surface area contributed by atoms with Crippen LogP contribution in [0.4, 0.5) is 5.69 Å². The third kappa shape index (κ3) is 2.78. The average Bonchev–Trinajstić information content (AvgIpc) is 2.90. The van der Waals surface area contributed by atoms with Crippen molar-refractivity contribution in [2.45, 2.75) is 10.9 Å². The normalized spacial score (nSPS) is 12.1. The van der Waals surface area contributed by atoms with E-state index in [4.69, 9.17) is 11.0 Å². The van der Waals surface area contributed by atoms with Crippen LogP contribution in [0.2, 0.25) is 0 Å².